The summed E-state index contributed by atoms with van der Waals surface area (Å²) in [5.41, 5.74) is 0.725. The summed E-state index contributed by atoms with van der Waals surface area (Å²) < 4.78 is 0.945. The van der Waals surface area contributed by atoms with Gasteiger partial charge in [-0.3, -0.25) is 4.79 Å². The van der Waals surface area contributed by atoms with Gasteiger partial charge in [-0.25, -0.2) is 0 Å². The average molecular weight is 396 g/mol. The van der Waals surface area contributed by atoms with Crippen molar-refractivity contribution in [1.82, 2.24) is 5.32 Å². The van der Waals surface area contributed by atoms with E-state index < -0.39 is 0 Å². The number of hydrogen-bond acceptors (Lipinski definition) is 1. The quantitative estimate of drug-likeness (QED) is 0.341. The number of rotatable bonds is 14. The van der Waals surface area contributed by atoms with Gasteiger partial charge in [-0.2, -0.15) is 0 Å². The summed E-state index contributed by atoms with van der Waals surface area (Å²) in [5.74, 6) is 0.0272. The SMILES string of the molecule is CCCCCCCCCCCCCCNC(=O)c1cccc(Br)c1. The first-order valence-electron chi connectivity index (χ1n) is 9.78. The van der Waals surface area contributed by atoms with Crippen molar-refractivity contribution in [1.29, 1.82) is 0 Å². The van der Waals surface area contributed by atoms with Crippen LogP contribution in [0.2, 0.25) is 0 Å². The van der Waals surface area contributed by atoms with Crippen molar-refractivity contribution in [2.24, 2.45) is 0 Å². The molecule has 1 aromatic rings. The van der Waals surface area contributed by atoms with E-state index >= 15 is 0 Å². The maximum Gasteiger partial charge on any atom is 0.251 e. The van der Waals surface area contributed by atoms with Gasteiger partial charge in [0.15, 0.2) is 0 Å². The molecule has 1 amide bonds. The van der Waals surface area contributed by atoms with Crippen molar-refractivity contribution in [2.75, 3.05) is 6.54 Å². The second-order valence-electron chi connectivity index (χ2n) is 6.66. The molecule has 0 aromatic heterocycles. The van der Waals surface area contributed by atoms with Crippen molar-refractivity contribution >= 4 is 21.8 Å². The molecule has 0 atom stereocenters. The van der Waals surface area contributed by atoms with Gasteiger partial charge >= 0.3 is 0 Å². The molecule has 0 saturated carbocycles. The van der Waals surface area contributed by atoms with Crippen LogP contribution < -0.4 is 5.32 Å². The lowest BCUT2D eigenvalue weighted by Crippen LogP contribution is -2.24. The Morgan fingerprint density at radius 1 is 0.875 bits per heavy atom. The van der Waals surface area contributed by atoms with E-state index in [1.807, 2.05) is 24.3 Å². The maximum absolute atomic E-state index is 12.0. The Kier molecular flexibility index (Phi) is 12.8. The Hall–Kier alpha value is -0.830. The zero-order valence-corrected chi connectivity index (χ0v) is 16.9. The highest BCUT2D eigenvalue weighted by Crippen LogP contribution is 2.13. The first-order valence-corrected chi connectivity index (χ1v) is 10.6. The molecule has 0 aliphatic rings. The Morgan fingerprint density at radius 3 is 1.96 bits per heavy atom. The Bertz CT molecular complexity index is 447. The summed E-state index contributed by atoms with van der Waals surface area (Å²) >= 11 is 3.39. The monoisotopic (exact) mass is 395 g/mol. The number of nitrogens with one attached hydrogen (secondary N) is 1. The molecular formula is C21H34BrNO. The Morgan fingerprint density at radius 2 is 1.42 bits per heavy atom. The maximum atomic E-state index is 12.0. The minimum absolute atomic E-state index is 0.0272. The van der Waals surface area contributed by atoms with Crippen molar-refractivity contribution in [3.05, 3.63) is 34.3 Å². The summed E-state index contributed by atoms with van der Waals surface area (Å²) in [6.45, 7) is 3.05. The van der Waals surface area contributed by atoms with Gasteiger partial charge < -0.3 is 5.32 Å². The number of amides is 1. The molecule has 2 nitrogen and oxygen atoms in total. The van der Waals surface area contributed by atoms with Gasteiger partial charge in [-0.15, -0.1) is 0 Å². The van der Waals surface area contributed by atoms with Crippen LogP contribution in [-0.4, -0.2) is 12.5 Å². The fourth-order valence-electron chi connectivity index (χ4n) is 2.90. The normalized spacial score (nSPS) is 10.8. The molecular weight excluding hydrogens is 362 g/mol. The zero-order valence-electron chi connectivity index (χ0n) is 15.3. The Labute approximate surface area is 156 Å². The van der Waals surface area contributed by atoms with Gasteiger partial charge in [0.25, 0.3) is 5.91 Å². The third-order valence-corrected chi connectivity index (χ3v) is 4.90. The second kappa shape index (κ2) is 14.5. The van der Waals surface area contributed by atoms with Crippen LogP contribution in [0.3, 0.4) is 0 Å². The highest BCUT2D eigenvalue weighted by atomic mass is 79.9. The molecule has 136 valence electrons. The number of benzene rings is 1. The van der Waals surface area contributed by atoms with E-state index in [4.69, 9.17) is 0 Å². The van der Waals surface area contributed by atoms with E-state index in [2.05, 4.69) is 28.2 Å². The van der Waals surface area contributed by atoms with Crippen LogP contribution in [0, 0.1) is 0 Å². The third-order valence-electron chi connectivity index (χ3n) is 4.40. The number of unbranched alkanes of at least 4 members (excludes halogenated alkanes) is 11. The van der Waals surface area contributed by atoms with Crippen LogP contribution in [-0.2, 0) is 0 Å². The molecule has 1 rings (SSSR count). The molecule has 1 aromatic carbocycles. The second-order valence-corrected chi connectivity index (χ2v) is 7.57. The van der Waals surface area contributed by atoms with Gasteiger partial charge in [-0.1, -0.05) is 99.5 Å². The Balaban J connectivity index is 1.88. The molecule has 3 heteroatoms. The lowest BCUT2D eigenvalue weighted by Gasteiger charge is -2.06. The van der Waals surface area contributed by atoms with E-state index in [1.165, 1.54) is 70.6 Å². The van der Waals surface area contributed by atoms with Crippen molar-refractivity contribution < 1.29 is 4.79 Å². The smallest absolute Gasteiger partial charge is 0.251 e. The number of carbonyl (C=O) groups excluding carboxylic acids is 1. The fraction of sp³-hybridized carbons (Fsp3) is 0.667. The highest BCUT2D eigenvalue weighted by molar-refractivity contribution is 9.10. The minimum Gasteiger partial charge on any atom is -0.352 e. The molecule has 24 heavy (non-hydrogen) atoms. The standard InChI is InChI=1S/C21H34BrNO/c1-2-3-4-5-6-7-8-9-10-11-12-13-17-23-21(24)19-15-14-16-20(22)18-19/h14-16,18H,2-13,17H2,1H3,(H,23,24). The molecule has 0 saturated heterocycles. The summed E-state index contributed by atoms with van der Waals surface area (Å²) in [4.78, 5) is 12.0. The lowest BCUT2D eigenvalue weighted by molar-refractivity contribution is 0.0953. The first-order chi connectivity index (χ1) is 11.7. The molecule has 0 bridgehead atoms. The summed E-state index contributed by atoms with van der Waals surface area (Å²) in [7, 11) is 0. The lowest BCUT2D eigenvalue weighted by atomic mass is 10.1. The van der Waals surface area contributed by atoms with Crippen LogP contribution in [0.4, 0.5) is 0 Å². The topological polar surface area (TPSA) is 29.1 Å². The highest BCUT2D eigenvalue weighted by Gasteiger charge is 2.04. The van der Waals surface area contributed by atoms with Gasteiger partial charge in [0, 0.05) is 16.6 Å². The van der Waals surface area contributed by atoms with Crippen molar-refractivity contribution in [2.45, 2.75) is 84.0 Å². The summed E-state index contributed by atoms with van der Waals surface area (Å²) in [6.07, 6.45) is 16.1. The molecule has 0 spiro atoms. The average Bonchev–Trinajstić information content (AvgIpc) is 2.59. The van der Waals surface area contributed by atoms with Crippen LogP contribution in [0.1, 0.15) is 94.3 Å². The van der Waals surface area contributed by atoms with Gasteiger partial charge in [-0.05, 0) is 24.6 Å². The molecule has 0 unspecified atom stereocenters. The van der Waals surface area contributed by atoms with Crippen LogP contribution >= 0.6 is 15.9 Å². The summed E-state index contributed by atoms with van der Waals surface area (Å²) in [6, 6.07) is 7.53. The molecule has 0 aliphatic carbocycles. The molecule has 0 heterocycles. The first kappa shape index (κ1) is 21.2. The van der Waals surface area contributed by atoms with E-state index in [1.54, 1.807) is 0 Å². The number of hydrogen-bond donors (Lipinski definition) is 1. The predicted molar refractivity (Wildman–Crippen MR) is 108 cm³/mol. The van der Waals surface area contributed by atoms with Gasteiger partial charge in [0.2, 0.25) is 0 Å². The van der Waals surface area contributed by atoms with Crippen LogP contribution in [0.15, 0.2) is 28.7 Å². The van der Waals surface area contributed by atoms with E-state index in [-0.39, 0.29) is 5.91 Å². The fourth-order valence-corrected chi connectivity index (χ4v) is 3.30. The van der Waals surface area contributed by atoms with E-state index in [0.717, 1.165) is 23.0 Å². The number of carbonyl (C=O) groups is 1. The molecule has 0 aliphatic heterocycles. The van der Waals surface area contributed by atoms with Gasteiger partial charge in [0.05, 0.1) is 0 Å². The van der Waals surface area contributed by atoms with Crippen LogP contribution in [0.25, 0.3) is 0 Å². The predicted octanol–water partition coefficient (Wildman–Crippen LogP) is 6.88. The van der Waals surface area contributed by atoms with E-state index in [0.29, 0.717) is 0 Å². The number of halogens is 1. The molecule has 0 radical (unpaired) electrons. The summed E-state index contributed by atoms with van der Waals surface area (Å²) in [5, 5.41) is 3.00. The van der Waals surface area contributed by atoms with Gasteiger partial charge in [0.1, 0.15) is 0 Å². The minimum atomic E-state index is 0.0272. The molecule has 0 fully saturated rings. The van der Waals surface area contributed by atoms with Crippen molar-refractivity contribution in [3.8, 4) is 0 Å². The third kappa shape index (κ3) is 10.9. The largest absolute Gasteiger partial charge is 0.352 e. The van der Waals surface area contributed by atoms with Crippen LogP contribution in [0.5, 0.6) is 0 Å². The van der Waals surface area contributed by atoms with Crippen molar-refractivity contribution in [3.63, 3.8) is 0 Å². The molecule has 1 N–H and O–H groups in total. The van der Waals surface area contributed by atoms with E-state index in [9.17, 15) is 4.79 Å². The zero-order chi connectivity index (χ0) is 17.5.